The van der Waals surface area contributed by atoms with Crippen LogP contribution in [0.5, 0.6) is 5.75 Å². The van der Waals surface area contributed by atoms with E-state index >= 15 is 0 Å². The number of nitriles is 1. The first-order valence-electron chi connectivity index (χ1n) is 13.2. The van der Waals surface area contributed by atoms with E-state index < -0.39 is 0 Å². The number of hydrogen-bond donors (Lipinski definition) is 2. The molecule has 1 aromatic heterocycles. The van der Waals surface area contributed by atoms with E-state index in [-0.39, 0.29) is 12.1 Å². The predicted octanol–water partition coefficient (Wildman–Crippen LogP) is 5.15. The van der Waals surface area contributed by atoms with E-state index in [2.05, 4.69) is 32.2 Å². The van der Waals surface area contributed by atoms with E-state index in [0.717, 1.165) is 73.6 Å². The topological polar surface area (TPSA) is 91.6 Å². The molecule has 0 spiro atoms. The Balaban J connectivity index is 1.43. The molecular weight excluding hydrogens is 466 g/mol. The maximum Gasteiger partial charge on any atom is 0.319 e. The molecule has 2 fully saturated rings. The number of nitrogens with zero attached hydrogens (tertiary/aromatic N) is 3. The first-order valence-corrected chi connectivity index (χ1v) is 13.2. The summed E-state index contributed by atoms with van der Waals surface area (Å²) >= 11 is 0. The first-order chi connectivity index (χ1) is 18.0. The average Bonchev–Trinajstić information content (AvgIpc) is 3.17. The van der Waals surface area contributed by atoms with Crippen LogP contribution in [0.3, 0.4) is 0 Å². The van der Waals surface area contributed by atoms with Gasteiger partial charge in [-0.1, -0.05) is 12.1 Å². The summed E-state index contributed by atoms with van der Waals surface area (Å²) in [6.45, 7) is 8.78. The van der Waals surface area contributed by atoms with Crippen molar-refractivity contribution in [2.24, 2.45) is 0 Å². The minimum atomic E-state index is -0.231. The Morgan fingerprint density at radius 3 is 2.57 bits per heavy atom. The molecule has 0 unspecified atom stereocenters. The summed E-state index contributed by atoms with van der Waals surface area (Å²) in [5.74, 6) is 0.825. The summed E-state index contributed by atoms with van der Waals surface area (Å²) in [5.41, 5.74) is 4.33. The third-order valence-corrected chi connectivity index (χ3v) is 7.14. The molecule has 5 rings (SSSR count). The first kappa shape index (κ1) is 25.1. The van der Waals surface area contributed by atoms with Gasteiger partial charge in [0, 0.05) is 48.9 Å². The highest BCUT2D eigenvalue weighted by Gasteiger charge is 2.28. The predicted molar refractivity (Wildman–Crippen MR) is 145 cm³/mol. The van der Waals surface area contributed by atoms with E-state index in [4.69, 9.17) is 9.47 Å². The zero-order chi connectivity index (χ0) is 25.8. The van der Waals surface area contributed by atoms with Crippen LogP contribution < -0.4 is 15.4 Å². The van der Waals surface area contributed by atoms with Gasteiger partial charge >= 0.3 is 6.03 Å². The van der Waals surface area contributed by atoms with Gasteiger partial charge in [0.05, 0.1) is 30.0 Å². The van der Waals surface area contributed by atoms with Crippen LogP contribution in [-0.2, 0) is 4.74 Å². The fourth-order valence-corrected chi connectivity index (χ4v) is 5.06. The Hall–Kier alpha value is -3.54. The Kier molecular flexibility index (Phi) is 7.63. The molecule has 2 aromatic carbocycles. The Morgan fingerprint density at radius 1 is 1.16 bits per heavy atom. The van der Waals surface area contributed by atoms with Gasteiger partial charge in [0.15, 0.2) is 0 Å². The normalized spacial score (nSPS) is 16.4. The second-order valence-corrected chi connectivity index (χ2v) is 10.1. The van der Waals surface area contributed by atoms with Crippen molar-refractivity contribution < 1.29 is 14.3 Å². The monoisotopic (exact) mass is 501 g/mol. The molecule has 8 heteroatoms. The number of fused-ring (bicyclic) bond motifs is 1. The van der Waals surface area contributed by atoms with Gasteiger partial charge < -0.3 is 24.7 Å². The number of benzene rings is 2. The van der Waals surface area contributed by atoms with Crippen molar-refractivity contribution in [3.63, 3.8) is 0 Å². The quantitative estimate of drug-likeness (QED) is 0.446. The summed E-state index contributed by atoms with van der Waals surface area (Å²) in [4.78, 5) is 14.5. The fourth-order valence-electron chi connectivity index (χ4n) is 5.06. The molecule has 37 heavy (non-hydrogen) atoms. The molecule has 3 aromatic rings. The van der Waals surface area contributed by atoms with Crippen molar-refractivity contribution in [1.29, 1.82) is 5.26 Å². The van der Waals surface area contributed by atoms with Crippen molar-refractivity contribution in [3.05, 3.63) is 48.0 Å². The number of ether oxygens (including phenoxy) is 2. The van der Waals surface area contributed by atoms with Crippen molar-refractivity contribution in [2.45, 2.75) is 45.2 Å². The lowest BCUT2D eigenvalue weighted by molar-refractivity contribution is 0.0322. The largest absolute Gasteiger partial charge is 0.492 e. The van der Waals surface area contributed by atoms with E-state index in [1.54, 1.807) is 0 Å². The van der Waals surface area contributed by atoms with Crippen molar-refractivity contribution in [1.82, 2.24) is 14.8 Å². The Morgan fingerprint density at radius 2 is 1.92 bits per heavy atom. The van der Waals surface area contributed by atoms with Crippen LogP contribution in [-0.4, -0.2) is 61.0 Å². The molecular formula is C29H35N5O3. The SMILES string of the molecule is CC(C)NC(=O)Nc1ccc(-c2c(C#N)c3ccc(OCCN4CCOCC4)cc3n2C2CCC2)cc1. The molecule has 1 aliphatic heterocycles. The number of urea groups is 1. The summed E-state index contributed by atoms with van der Waals surface area (Å²) in [5, 5.41) is 16.9. The highest BCUT2D eigenvalue weighted by atomic mass is 16.5. The third kappa shape index (κ3) is 5.58. The molecule has 2 amide bonds. The lowest BCUT2D eigenvalue weighted by Crippen LogP contribution is -2.38. The molecule has 0 bridgehead atoms. The van der Waals surface area contributed by atoms with Gasteiger partial charge in [0.25, 0.3) is 0 Å². The molecule has 2 heterocycles. The van der Waals surface area contributed by atoms with E-state index in [0.29, 0.717) is 23.9 Å². The second-order valence-electron chi connectivity index (χ2n) is 10.1. The molecule has 0 atom stereocenters. The van der Waals surface area contributed by atoms with Crippen molar-refractivity contribution >= 4 is 22.6 Å². The molecule has 8 nitrogen and oxygen atoms in total. The van der Waals surface area contributed by atoms with Gasteiger partial charge in [0.1, 0.15) is 18.4 Å². The highest BCUT2D eigenvalue weighted by Crippen LogP contribution is 2.43. The average molecular weight is 502 g/mol. The lowest BCUT2D eigenvalue weighted by Gasteiger charge is -2.30. The number of amides is 2. The molecule has 194 valence electrons. The van der Waals surface area contributed by atoms with Crippen LogP contribution in [0.2, 0.25) is 0 Å². The number of carbonyl (C=O) groups is 1. The summed E-state index contributed by atoms with van der Waals surface area (Å²) in [7, 11) is 0. The Labute approximate surface area is 218 Å². The minimum absolute atomic E-state index is 0.0591. The number of morpholine rings is 1. The lowest BCUT2D eigenvalue weighted by atomic mass is 9.92. The molecule has 1 saturated carbocycles. The smallest absolute Gasteiger partial charge is 0.319 e. The van der Waals surface area contributed by atoms with Crippen molar-refractivity contribution in [3.8, 4) is 23.1 Å². The zero-order valence-corrected chi connectivity index (χ0v) is 21.6. The zero-order valence-electron chi connectivity index (χ0n) is 21.6. The van der Waals surface area contributed by atoms with Gasteiger partial charge in [-0.3, -0.25) is 4.90 Å². The van der Waals surface area contributed by atoms with Crippen LogP contribution >= 0.6 is 0 Å². The van der Waals surface area contributed by atoms with Gasteiger partial charge in [0.2, 0.25) is 0 Å². The van der Waals surface area contributed by atoms with E-state index in [1.165, 1.54) is 6.42 Å². The van der Waals surface area contributed by atoms with Crippen LogP contribution in [0, 0.1) is 11.3 Å². The number of nitrogens with one attached hydrogen (secondary N) is 2. The highest BCUT2D eigenvalue weighted by molar-refractivity contribution is 5.96. The summed E-state index contributed by atoms with van der Waals surface area (Å²) in [6.07, 6.45) is 3.38. The number of rotatable bonds is 8. The number of carbonyl (C=O) groups excluding carboxylic acids is 1. The summed E-state index contributed by atoms with van der Waals surface area (Å²) < 4.78 is 13.9. The van der Waals surface area contributed by atoms with Crippen LogP contribution in [0.15, 0.2) is 42.5 Å². The number of hydrogen-bond acceptors (Lipinski definition) is 5. The van der Waals surface area contributed by atoms with Gasteiger partial charge in [-0.2, -0.15) is 5.26 Å². The van der Waals surface area contributed by atoms with Gasteiger partial charge in [-0.05, 0) is 62.9 Å². The third-order valence-electron chi connectivity index (χ3n) is 7.14. The van der Waals surface area contributed by atoms with Gasteiger partial charge in [-0.25, -0.2) is 4.79 Å². The van der Waals surface area contributed by atoms with Crippen LogP contribution in [0.25, 0.3) is 22.2 Å². The Bertz CT molecular complexity index is 1280. The maximum absolute atomic E-state index is 12.1. The molecule has 0 radical (unpaired) electrons. The van der Waals surface area contributed by atoms with Gasteiger partial charge in [-0.15, -0.1) is 0 Å². The molecule has 1 aliphatic carbocycles. The molecule has 2 N–H and O–H groups in total. The summed E-state index contributed by atoms with van der Waals surface area (Å²) in [6, 6.07) is 16.5. The number of aromatic nitrogens is 1. The standard InChI is InChI=1S/C29H35N5O3/c1-20(2)31-29(35)32-22-8-6-21(7-9-22)28-26(19-30)25-11-10-24(18-27(25)34(28)23-4-3-5-23)37-17-14-33-12-15-36-16-13-33/h6-11,18,20,23H,3-5,12-17H2,1-2H3,(H2,31,32,35). The molecule has 2 aliphatic rings. The second kappa shape index (κ2) is 11.2. The maximum atomic E-state index is 12.1. The minimum Gasteiger partial charge on any atom is -0.492 e. The van der Waals surface area contributed by atoms with Crippen LogP contribution in [0.1, 0.15) is 44.7 Å². The fraction of sp³-hybridized carbons (Fsp3) is 0.448. The number of anilines is 1. The van der Waals surface area contributed by atoms with Crippen LogP contribution in [0.4, 0.5) is 10.5 Å². The van der Waals surface area contributed by atoms with E-state index in [1.807, 2.05) is 50.2 Å². The van der Waals surface area contributed by atoms with Crippen molar-refractivity contribution in [2.75, 3.05) is 44.8 Å². The molecule has 1 saturated heterocycles. The van der Waals surface area contributed by atoms with E-state index in [9.17, 15) is 10.1 Å².